The molecule has 0 amide bonds. The zero-order chi connectivity index (χ0) is 80.9. The van der Waals surface area contributed by atoms with Gasteiger partial charge in [0.1, 0.15) is 12.6 Å². The highest BCUT2D eigenvalue weighted by Gasteiger charge is 1.93. The number of azo groups is 1. The van der Waals surface area contributed by atoms with Gasteiger partial charge >= 0.3 is 0 Å². The van der Waals surface area contributed by atoms with Crippen LogP contribution in [0.3, 0.4) is 0 Å². The number of aromatic amines is 2. The van der Waals surface area contributed by atoms with Crippen molar-refractivity contribution in [1.29, 1.82) is 0 Å². The van der Waals surface area contributed by atoms with Gasteiger partial charge in [-0.1, -0.05) is 114 Å². The maximum atomic E-state index is 4.58. The summed E-state index contributed by atoms with van der Waals surface area (Å²) in [5.74, 6) is 0. The normalized spacial score (nSPS) is 10.3. The molecule has 17 aromatic heterocycles. The summed E-state index contributed by atoms with van der Waals surface area (Å²) in [5.41, 5.74) is 9.72. The first-order valence-electron chi connectivity index (χ1n) is 35.7. The Morgan fingerprint density at radius 3 is 1.62 bits per heavy atom. The molecule has 4 aromatic carbocycles. The second-order valence-electron chi connectivity index (χ2n) is 21.8. The first-order valence-corrected chi connectivity index (χ1v) is 38.4. The summed E-state index contributed by atoms with van der Waals surface area (Å²) in [6, 6.07) is 62.9. The lowest BCUT2D eigenvalue weighted by Gasteiger charge is -1.86. The van der Waals surface area contributed by atoms with Crippen molar-refractivity contribution < 1.29 is 8.94 Å². The summed E-state index contributed by atoms with van der Waals surface area (Å²) < 4.78 is 15.5. The summed E-state index contributed by atoms with van der Waals surface area (Å²) in [4.78, 5) is 49.4. The van der Waals surface area contributed by atoms with Crippen molar-refractivity contribution in [2.45, 2.75) is 6.42 Å². The third kappa shape index (κ3) is 39.2. The van der Waals surface area contributed by atoms with Crippen LogP contribution in [0.5, 0.6) is 0 Å². The van der Waals surface area contributed by atoms with Crippen molar-refractivity contribution in [3.05, 3.63) is 436 Å². The van der Waals surface area contributed by atoms with Crippen LogP contribution < -0.4 is 10.4 Å². The Morgan fingerprint density at radius 2 is 1.09 bits per heavy atom. The minimum atomic E-state index is 0.778. The first kappa shape index (κ1) is 86.9. The maximum absolute atomic E-state index is 4.58. The number of imidazole rings is 2. The third-order valence-corrected chi connectivity index (χ3v) is 15.8. The van der Waals surface area contributed by atoms with E-state index in [9.17, 15) is 0 Å². The number of nitrogens with one attached hydrogen (secondary N) is 2. The predicted octanol–water partition coefficient (Wildman–Crippen LogP) is 17.8. The van der Waals surface area contributed by atoms with Crippen LogP contribution in [0.15, 0.2) is 450 Å². The number of thiazole rings is 2. The standard InChI is InChI=1S/C9H8.C8H7N.C7H6N2.C7H5NS.3C6H5N3.C5H5N.3C4H4N2.C4H5N.C4H4O.C4H4S.C3H4N2.C3H3NO.C3H3NS/c1-2-5-9-7-3-6-8(9)4-1;1-2-4-8-7(3-1)5-6-9-8;1-2-4-7-6(3-1)5-8-9-7;1-2-4-7-6(3-1)8-5-9-7;1-3-9-4-2-8-6(9)5-7-1;1-3-7-6-2-4-8-9(6)5-1;1-2-6-7-4-5-9(6)8-3-1;1-2-4-6-5-3-1;1-2-6-4-3-5-1;1-2-5-4-6-3-1;1-2-4-6-5-3-1;5*1-2-4-5-3-1;1-2-5-3-4-1/h1-2,4-7H,3H2;1-6,9H;1-5H,(H,8,9);4*1-5H;1-5H;3*1-4H;1-3H,4H2;2*1-4H;1-2H,3H2;2*1-3H. The Kier molecular flexibility index (Phi) is 44.0. The van der Waals surface area contributed by atoms with E-state index in [2.05, 4.69) is 180 Å². The lowest BCUT2D eigenvalue weighted by molar-refractivity contribution is 0.420. The van der Waals surface area contributed by atoms with Gasteiger partial charge < -0.3 is 18.3 Å². The molecule has 0 fully saturated rings. The SMILES string of the molecule is C1=CCN=C1.C1=CN=NC1.C1=c2ccccc2=CC1.c1ccc2[nH]ccc2c1.c1ccc2[nH]ncc2c1.c1ccc2scnc2c1.c1ccncc1.c1ccnnc1.c1ccoc1.c1ccsc1.c1cn2ccnc2cn1.c1cnc2ccnn2c1.c1cnccn1.c1cncnc1.c1cnn2ccnc2c1.c1cnoc1.c1cscn1. The molecule has 2 N–H and O–H groups in total. The number of hydrogen-bond acceptors (Lipinski definition) is 25. The number of nitrogens with zero attached hydrogens (tertiary/aromatic N) is 23. The summed E-state index contributed by atoms with van der Waals surface area (Å²) in [6.07, 6.45) is 64.6. The number of aromatic nitrogens is 22. The number of aliphatic imine (C=N–C) groups is 1. The van der Waals surface area contributed by atoms with Gasteiger partial charge in [-0.15, -0.1) is 22.7 Å². The average Bonchev–Trinajstić information content (AvgIpc) is 1.79. The van der Waals surface area contributed by atoms with E-state index >= 15 is 0 Å². The van der Waals surface area contributed by atoms with Crippen molar-refractivity contribution in [3.63, 3.8) is 0 Å². The molecule has 0 unspecified atom stereocenters. The quantitative estimate of drug-likeness (QED) is 0.142. The second kappa shape index (κ2) is 59.2. The molecule has 0 bridgehead atoms. The van der Waals surface area contributed by atoms with Crippen LogP contribution in [0.2, 0.25) is 0 Å². The largest absolute Gasteiger partial charge is 0.473 e. The monoisotopic (exact) mass is 1600 g/mol. The lowest BCUT2D eigenvalue weighted by atomic mass is 10.3. The molecule has 27 nitrogen and oxygen atoms in total. The van der Waals surface area contributed by atoms with Crippen LogP contribution in [0.4, 0.5) is 0 Å². The van der Waals surface area contributed by atoms with Crippen molar-refractivity contribution in [1.82, 2.24) is 109 Å². The molecule has 0 radical (unpaired) electrons. The number of rotatable bonds is 0. The van der Waals surface area contributed by atoms with Gasteiger partial charge in [-0.3, -0.25) is 35.0 Å². The molecule has 2 aliphatic heterocycles. The molecule has 117 heavy (non-hydrogen) atoms. The maximum Gasteiger partial charge on any atom is 0.155 e. The fraction of sp³-hybridized carbons (Fsp3) is 0.0345. The van der Waals surface area contributed by atoms with Crippen molar-refractivity contribution in [2.24, 2.45) is 15.2 Å². The Balaban J connectivity index is 0.000000156. The summed E-state index contributed by atoms with van der Waals surface area (Å²) >= 11 is 4.99. The van der Waals surface area contributed by atoms with Gasteiger partial charge in [-0.2, -0.15) is 47.1 Å². The molecule has 0 spiro atoms. The third-order valence-electron chi connectivity index (χ3n) is 13.8. The number of furan rings is 1. The number of H-pyrrole nitrogens is 2. The minimum absolute atomic E-state index is 0.778. The highest BCUT2D eigenvalue weighted by Crippen LogP contribution is 2.16. The number of hydrogen-bond donors (Lipinski definition) is 2. The Labute approximate surface area is 685 Å². The number of fused-ring (bicyclic) bond motifs is 7. The zero-order valence-corrected chi connectivity index (χ0v) is 65.5. The predicted molar refractivity (Wildman–Crippen MR) is 466 cm³/mol. The van der Waals surface area contributed by atoms with Crippen LogP contribution in [-0.4, -0.2) is 128 Å². The van der Waals surface area contributed by atoms with E-state index in [4.69, 9.17) is 0 Å². The molecular weight excluding hydrogens is 1520 g/mol. The van der Waals surface area contributed by atoms with E-state index in [1.54, 1.807) is 203 Å². The molecule has 0 atom stereocenters. The highest BCUT2D eigenvalue weighted by molar-refractivity contribution is 7.16. The van der Waals surface area contributed by atoms with Crippen LogP contribution in [0.25, 0.3) is 61.1 Å². The highest BCUT2D eigenvalue weighted by atomic mass is 32.1. The summed E-state index contributed by atoms with van der Waals surface area (Å²) in [5, 5.41) is 43.5. The molecule has 24 rings (SSSR count). The number of allylic oxidation sites excluding steroid dienone is 1. The van der Waals surface area contributed by atoms with Gasteiger partial charge in [-0.25, -0.2) is 38.9 Å². The molecular formula is C87H81N25O2S3. The molecule has 1 aliphatic carbocycles. The molecule has 584 valence electrons. The fourth-order valence-corrected chi connectivity index (χ4v) is 10.1. The van der Waals surface area contributed by atoms with E-state index in [0.717, 1.165) is 52.9 Å². The van der Waals surface area contributed by atoms with E-state index in [-0.39, 0.29) is 0 Å². The van der Waals surface area contributed by atoms with E-state index in [1.807, 2.05) is 215 Å². The Hall–Kier alpha value is -15.7. The average molecular weight is 1600 g/mol. The van der Waals surface area contributed by atoms with Crippen molar-refractivity contribution in [2.75, 3.05) is 13.1 Å². The minimum Gasteiger partial charge on any atom is -0.473 e. The summed E-state index contributed by atoms with van der Waals surface area (Å²) in [6.45, 7) is 1.67. The van der Waals surface area contributed by atoms with E-state index < -0.39 is 0 Å². The van der Waals surface area contributed by atoms with Gasteiger partial charge in [0, 0.05) is 165 Å². The van der Waals surface area contributed by atoms with Crippen molar-refractivity contribution in [3.8, 4) is 0 Å². The van der Waals surface area contributed by atoms with Crippen molar-refractivity contribution >= 4 is 101 Å². The van der Waals surface area contributed by atoms with E-state index in [1.165, 1.54) is 38.6 Å². The van der Waals surface area contributed by atoms with Crippen LogP contribution in [0.1, 0.15) is 6.42 Å². The smallest absolute Gasteiger partial charge is 0.155 e. The Bertz CT molecular complexity index is 4840. The van der Waals surface area contributed by atoms with Crippen LogP contribution in [-0.2, 0) is 0 Å². The number of benzene rings is 4. The second-order valence-corrected chi connectivity index (χ2v) is 24.3. The van der Waals surface area contributed by atoms with Gasteiger partial charge in [0.25, 0.3) is 0 Å². The van der Waals surface area contributed by atoms with Gasteiger partial charge in [0.05, 0.1) is 77.2 Å². The van der Waals surface area contributed by atoms with Gasteiger partial charge in [0.15, 0.2) is 16.9 Å². The zero-order valence-electron chi connectivity index (χ0n) is 63.1. The fourth-order valence-electron chi connectivity index (χ4n) is 8.59. The molecule has 19 heterocycles. The molecule has 30 heteroatoms. The van der Waals surface area contributed by atoms with E-state index in [0.29, 0.717) is 0 Å². The number of thiophene rings is 1. The number of pyridine rings is 1. The molecule has 0 saturated carbocycles. The van der Waals surface area contributed by atoms with Crippen LogP contribution >= 0.6 is 34.0 Å². The molecule has 3 aliphatic rings. The van der Waals surface area contributed by atoms with Crippen LogP contribution in [0, 0.1) is 0 Å². The molecule has 21 aromatic rings. The first-order chi connectivity index (χ1) is 58.3. The van der Waals surface area contributed by atoms with Gasteiger partial charge in [-0.05, 0) is 142 Å². The Morgan fingerprint density at radius 1 is 0.410 bits per heavy atom. The molecule has 0 saturated heterocycles. The topological polar surface area (TPSA) is 327 Å². The summed E-state index contributed by atoms with van der Waals surface area (Å²) in [7, 11) is 0. The van der Waals surface area contributed by atoms with Gasteiger partial charge in [0.2, 0.25) is 0 Å². The lowest BCUT2D eigenvalue weighted by Crippen LogP contribution is -2.19. The number of para-hydroxylation sites is 3.